The van der Waals surface area contributed by atoms with Gasteiger partial charge in [0.1, 0.15) is 0 Å². The molecule has 1 unspecified atom stereocenters. The van der Waals surface area contributed by atoms with E-state index in [0.29, 0.717) is 13.0 Å². The molecule has 1 N–H and O–H groups in total. The van der Waals surface area contributed by atoms with E-state index in [9.17, 15) is 8.78 Å². The molecule has 0 aliphatic carbocycles. The minimum Gasteiger partial charge on any atom is -0.309 e. The average Bonchev–Trinajstić information content (AvgIpc) is 1.97. The van der Waals surface area contributed by atoms with Crippen molar-refractivity contribution in [3.05, 3.63) is 0 Å². The van der Waals surface area contributed by atoms with Crippen molar-refractivity contribution in [2.24, 2.45) is 0 Å². The van der Waals surface area contributed by atoms with Gasteiger partial charge < -0.3 is 5.32 Å². The van der Waals surface area contributed by atoms with Gasteiger partial charge in [0.05, 0.1) is 6.04 Å². The van der Waals surface area contributed by atoms with Gasteiger partial charge in [-0.25, -0.2) is 8.78 Å². The summed E-state index contributed by atoms with van der Waals surface area (Å²) in [6.07, 6.45) is 0.0672. The van der Waals surface area contributed by atoms with Gasteiger partial charge in [0.2, 0.25) is 0 Å². The van der Waals surface area contributed by atoms with Gasteiger partial charge in [-0.1, -0.05) is 20.3 Å². The summed E-state index contributed by atoms with van der Waals surface area (Å²) in [5.74, 6) is 0. The van der Waals surface area contributed by atoms with E-state index in [1.807, 2.05) is 13.8 Å². The summed E-state index contributed by atoms with van der Waals surface area (Å²) < 4.78 is 24.3. The lowest BCUT2D eigenvalue weighted by Gasteiger charge is -2.15. The zero-order valence-electron chi connectivity index (χ0n) is 7.24. The Morgan fingerprint density at radius 2 is 1.82 bits per heavy atom. The summed E-state index contributed by atoms with van der Waals surface area (Å²) in [5, 5.41) is 2.82. The van der Waals surface area contributed by atoms with Gasteiger partial charge in [-0.05, 0) is 19.4 Å². The van der Waals surface area contributed by atoms with Crippen LogP contribution in [0.1, 0.15) is 33.1 Å². The summed E-state index contributed by atoms with van der Waals surface area (Å²) in [6, 6.07) is -0.597. The van der Waals surface area contributed by atoms with Crippen molar-refractivity contribution in [2.45, 2.75) is 45.6 Å². The summed E-state index contributed by atoms with van der Waals surface area (Å²) in [5.41, 5.74) is 0. The van der Waals surface area contributed by atoms with Crippen LogP contribution in [0.5, 0.6) is 0 Å². The molecular formula is C8H17F2N. The zero-order chi connectivity index (χ0) is 8.69. The molecule has 0 saturated heterocycles. The van der Waals surface area contributed by atoms with E-state index in [0.717, 1.165) is 12.8 Å². The molecule has 68 valence electrons. The minimum absolute atomic E-state index is 0.567. The monoisotopic (exact) mass is 165 g/mol. The third-order valence-corrected chi connectivity index (χ3v) is 1.56. The van der Waals surface area contributed by atoms with Crippen molar-refractivity contribution >= 4 is 0 Å². The van der Waals surface area contributed by atoms with Crippen LogP contribution in [0.15, 0.2) is 0 Å². The predicted octanol–water partition coefficient (Wildman–Crippen LogP) is 2.42. The fraction of sp³-hybridized carbons (Fsp3) is 1.00. The maximum absolute atomic E-state index is 12.1. The van der Waals surface area contributed by atoms with Crippen molar-refractivity contribution in [1.29, 1.82) is 0 Å². The molecule has 0 saturated carbocycles. The van der Waals surface area contributed by atoms with E-state index in [4.69, 9.17) is 0 Å². The van der Waals surface area contributed by atoms with Gasteiger partial charge in [0.15, 0.2) is 0 Å². The first-order valence-electron chi connectivity index (χ1n) is 4.23. The molecule has 0 aliphatic rings. The Hall–Kier alpha value is -0.180. The van der Waals surface area contributed by atoms with Crippen LogP contribution in [-0.2, 0) is 0 Å². The molecule has 0 bridgehead atoms. The smallest absolute Gasteiger partial charge is 0.253 e. The molecule has 0 rings (SSSR count). The highest BCUT2D eigenvalue weighted by molar-refractivity contribution is 4.67. The van der Waals surface area contributed by atoms with Crippen molar-refractivity contribution in [3.8, 4) is 0 Å². The fourth-order valence-corrected chi connectivity index (χ4v) is 0.958. The van der Waals surface area contributed by atoms with Crippen LogP contribution < -0.4 is 5.32 Å². The van der Waals surface area contributed by atoms with Gasteiger partial charge in [-0.3, -0.25) is 0 Å². The van der Waals surface area contributed by atoms with Crippen molar-refractivity contribution in [2.75, 3.05) is 6.54 Å². The Labute approximate surface area is 67.2 Å². The van der Waals surface area contributed by atoms with Gasteiger partial charge in [-0.2, -0.15) is 0 Å². The minimum atomic E-state index is -2.22. The van der Waals surface area contributed by atoms with E-state index in [1.54, 1.807) is 0 Å². The van der Waals surface area contributed by atoms with E-state index in [-0.39, 0.29) is 0 Å². The lowest BCUT2D eigenvalue weighted by atomic mass is 10.2. The molecule has 0 heterocycles. The first-order chi connectivity index (χ1) is 5.22. The van der Waals surface area contributed by atoms with Gasteiger partial charge in [0, 0.05) is 0 Å². The van der Waals surface area contributed by atoms with Crippen LogP contribution in [-0.4, -0.2) is 19.0 Å². The molecule has 1 nitrogen and oxygen atoms in total. The number of hydrogen-bond donors (Lipinski definition) is 1. The predicted molar refractivity (Wildman–Crippen MR) is 43.0 cm³/mol. The summed E-state index contributed by atoms with van der Waals surface area (Å²) in [4.78, 5) is 0. The Bertz CT molecular complexity index is 86.2. The fourth-order valence-electron chi connectivity index (χ4n) is 0.958. The number of alkyl halides is 2. The maximum atomic E-state index is 12.1. The molecule has 0 aromatic heterocycles. The van der Waals surface area contributed by atoms with E-state index >= 15 is 0 Å². The SMILES string of the molecule is CCCNC(CCC)C(F)F. The van der Waals surface area contributed by atoms with Crippen molar-refractivity contribution in [1.82, 2.24) is 5.32 Å². The zero-order valence-corrected chi connectivity index (χ0v) is 7.24. The summed E-state index contributed by atoms with van der Waals surface area (Å²) >= 11 is 0. The topological polar surface area (TPSA) is 12.0 Å². The van der Waals surface area contributed by atoms with Gasteiger partial charge >= 0.3 is 0 Å². The highest BCUT2D eigenvalue weighted by Gasteiger charge is 2.17. The molecule has 0 spiro atoms. The molecule has 1 atom stereocenters. The van der Waals surface area contributed by atoms with Crippen LogP contribution in [0.25, 0.3) is 0 Å². The molecule has 3 heteroatoms. The number of hydrogen-bond acceptors (Lipinski definition) is 1. The van der Waals surface area contributed by atoms with Gasteiger partial charge in [-0.15, -0.1) is 0 Å². The molecule has 11 heavy (non-hydrogen) atoms. The van der Waals surface area contributed by atoms with Crippen molar-refractivity contribution in [3.63, 3.8) is 0 Å². The lowest BCUT2D eigenvalue weighted by Crippen LogP contribution is -2.35. The normalized spacial score (nSPS) is 13.9. The molecular weight excluding hydrogens is 148 g/mol. The average molecular weight is 165 g/mol. The highest BCUT2D eigenvalue weighted by atomic mass is 19.3. The first kappa shape index (κ1) is 10.8. The Morgan fingerprint density at radius 1 is 1.18 bits per heavy atom. The van der Waals surface area contributed by atoms with Crippen LogP contribution in [0.4, 0.5) is 8.78 Å². The Morgan fingerprint density at radius 3 is 2.18 bits per heavy atom. The molecule has 0 amide bonds. The maximum Gasteiger partial charge on any atom is 0.253 e. The van der Waals surface area contributed by atoms with E-state index in [1.165, 1.54) is 0 Å². The van der Waals surface area contributed by atoms with E-state index < -0.39 is 12.5 Å². The van der Waals surface area contributed by atoms with Crippen LogP contribution >= 0.6 is 0 Å². The molecule has 0 fully saturated rings. The summed E-state index contributed by atoms with van der Waals surface area (Å²) in [6.45, 7) is 4.58. The first-order valence-corrected chi connectivity index (χ1v) is 4.23. The Kier molecular flexibility index (Phi) is 6.42. The van der Waals surface area contributed by atoms with Crippen LogP contribution in [0, 0.1) is 0 Å². The number of nitrogens with one attached hydrogen (secondary N) is 1. The van der Waals surface area contributed by atoms with Crippen LogP contribution in [0.2, 0.25) is 0 Å². The second kappa shape index (κ2) is 6.53. The highest BCUT2D eigenvalue weighted by Crippen LogP contribution is 2.06. The second-order valence-electron chi connectivity index (χ2n) is 2.68. The number of rotatable bonds is 6. The quantitative estimate of drug-likeness (QED) is 0.637. The van der Waals surface area contributed by atoms with E-state index in [2.05, 4.69) is 5.32 Å². The molecule has 0 aromatic rings. The van der Waals surface area contributed by atoms with Gasteiger partial charge in [0.25, 0.3) is 6.43 Å². The molecule has 0 radical (unpaired) electrons. The standard InChI is InChI=1S/C8H17F2N/c1-3-5-7(8(9)10)11-6-4-2/h7-8,11H,3-6H2,1-2H3. The third kappa shape index (κ3) is 5.13. The van der Waals surface area contributed by atoms with Crippen LogP contribution in [0.3, 0.4) is 0 Å². The second-order valence-corrected chi connectivity index (χ2v) is 2.68. The lowest BCUT2D eigenvalue weighted by molar-refractivity contribution is 0.0938. The molecule has 0 aromatic carbocycles. The van der Waals surface area contributed by atoms with Crippen molar-refractivity contribution < 1.29 is 8.78 Å². The summed E-state index contributed by atoms with van der Waals surface area (Å²) in [7, 11) is 0. The Balaban J connectivity index is 3.51. The number of halogens is 2. The largest absolute Gasteiger partial charge is 0.309 e. The molecule has 0 aliphatic heterocycles. The third-order valence-electron chi connectivity index (χ3n) is 1.56.